The number of amides is 1. The van der Waals surface area contributed by atoms with Gasteiger partial charge in [-0.15, -0.1) is 0 Å². The number of carbonyl (C=O) groups is 1. The largest absolute Gasteiger partial charge is 0.417 e. The molecule has 0 bridgehead atoms. The van der Waals surface area contributed by atoms with Gasteiger partial charge in [0, 0.05) is 17.3 Å². The normalized spacial score (nSPS) is 14.5. The third-order valence-corrected chi connectivity index (χ3v) is 4.55. The number of carbonyl (C=O) groups excluding carboxylic acids is 1. The van der Waals surface area contributed by atoms with Crippen LogP contribution in [0.5, 0.6) is 0 Å². The van der Waals surface area contributed by atoms with E-state index in [4.69, 9.17) is 0 Å². The molecule has 5 nitrogen and oxygen atoms in total. The van der Waals surface area contributed by atoms with E-state index in [1.165, 1.54) is 11.6 Å². The fraction of sp³-hybridized carbons (Fsp3) is 0.316. The van der Waals surface area contributed by atoms with Crippen molar-refractivity contribution in [2.24, 2.45) is 0 Å². The monoisotopic (exact) mass is 374 g/mol. The SMILES string of the molecule is Cc1nn(CC(=O)Nc2ccccc2)c2nc(C3CC3)cc(C(F)(F)F)c12. The average Bonchev–Trinajstić information content (AvgIpc) is 3.41. The summed E-state index contributed by atoms with van der Waals surface area (Å²) in [6.07, 6.45) is -2.84. The van der Waals surface area contributed by atoms with Crippen LogP contribution in [0.25, 0.3) is 11.0 Å². The van der Waals surface area contributed by atoms with Gasteiger partial charge < -0.3 is 5.32 Å². The highest BCUT2D eigenvalue weighted by Crippen LogP contribution is 2.43. The molecule has 0 radical (unpaired) electrons. The van der Waals surface area contributed by atoms with Crippen molar-refractivity contribution in [2.75, 3.05) is 5.32 Å². The molecular weight excluding hydrogens is 357 g/mol. The summed E-state index contributed by atoms with van der Waals surface area (Å²) in [6.45, 7) is 1.29. The van der Waals surface area contributed by atoms with Gasteiger partial charge >= 0.3 is 6.18 Å². The summed E-state index contributed by atoms with van der Waals surface area (Å²) in [4.78, 5) is 16.7. The number of aromatic nitrogens is 3. The summed E-state index contributed by atoms with van der Waals surface area (Å²) >= 11 is 0. The number of anilines is 1. The van der Waals surface area contributed by atoms with E-state index in [-0.39, 0.29) is 35.1 Å². The van der Waals surface area contributed by atoms with Crippen LogP contribution in [-0.2, 0) is 17.5 Å². The Morgan fingerprint density at radius 3 is 2.59 bits per heavy atom. The number of hydrogen-bond donors (Lipinski definition) is 1. The van der Waals surface area contributed by atoms with E-state index in [1.54, 1.807) is 24.3 Å². The lowest BCUT2D eigenvalue weighted by Crippen LogP contribution is -2.20. The standard InChI is InChI=1S/C19H17F3N4O/c1-11-17-14(19(20,21)22)9-15(12-7-8-12)24-18(17)26(25-11)10-16(27)23-13-5-3-2-4-6-13/h2-6,9,12H,7-8,10H2,1H3,(H,23,27). The van der Waals surface area contributed by atoms with E-state index >= 15 is 0 Å². The highest BCUT2D eigenvalue weighted by atomic mass is 19.4. The van der Waals surface area contributed by atoms with Gasteiger partial charge in [-0.2, -0.15) is 18.3 Å². The van der Waals surface area contributed by atoms with E-state index in [2.05, 4.69) is 15.4 Å². The number of halogens is 3. The van der Waals surface area contributed by atoms with Crippen LogP contribution >= 0.6 is 0 Å². The molecule has 4 rings (SSSR count). The van der Waals surface area contributed by atoms with Gasteiger partial charge in [0.1, 0.15) is 6.54 Å². The Hall–Kier alpha value is -2.90. The Morgan fingerprint density at radius 2 is 1.96 bits per heavy atom. The molecule has 1 aliphatic carbocycles. The number of benzene rings is 1. The maximum atomic E-state index is 13.6. The minimum absolute atomic E-state index is 0.0422. The smallest absolute Gasteiger partial charge is 0.324 e. The molecule has 1 amide bonds. The third kappa shape index (κ3) is 3.51. The number of alkyl halides is 3. The molecule has 0 unspecified atom stereocenters. The molecule has 2 aromatic heterocycles. The highest BCUT2D eigenvalue weighted by Gasteiger charge is 2.37. The lowest BCUT2D eigenvalue weighted by Gasteiger charge is -2.11. The molecule has 27 heavy (non-hydrogen) atoms. The Balaban J connectivity index is 1.73. The number of nitrogens with one attached hydrogen (secondary N) is 1. The van der Waals surface area contributed by atoms with Gasteiger partial charge in [-0.3, -0.25) is 4.79 Å². The van der Waals surface area contributed by atoms with Crippen LogP contribution in [0.3, 0.4) is 0 Å². The second-order valence-electron chi connectivity index (χ2n) is 6.72. The molecule has 1 aromatic carbocycles. The fourth-order valence-corrected chi connectivity index (χ4v) is 3.15. The summed E-state index contributed by atoms with van der Waals surface area (Å²) < 4.78 is 42.0. The fourth-order valence-electron chi connectivity index (χ4n) is 3.15. The average molecular weight is 374 g/mol. The maximum Gasteiger partial charge on any atom is 0.417 e. The van der Waals surface area contributed by atoms with E-state index in [1.807, 2.05) is 6.07 Å². The summed E-state index contributed by atoms with van der Waals surface area (Å²) in [7, 11) is 0. The number of nitrogens with zero attached hydrogens (tertiary/aromatic N) is 3. The van der Waals surface area contributed by atoms with E-state index in [0.29, 0.717) is 11.4 Å². The van der Waals surface area contributed by atoms with Crippen molar-refractivity contribution >= 4 is 22.6 Å². The molecule has 0 atom stereocenters. The van der Waals surface area contributed by atoms with Gasteiger partial charge in [-0.1, -0.05) is 18.2 Å². The zero-order valence-electron chi connectivity index (χ0n) is 14.5. The Bertz CT molecular complexity index is 1010. The first-order chi connectivity index (χ1) is 12.8. The second kappa shape index (κ2) is 6.37. The minimum atomic E-state index is -4.50. The van der Waals surface area contributed by atoms with E-state index in [9.17, 15) is 18.0 Å². The minimum Gasteiger partial charge on any atom is -0.324 e. The van der Waals surface area contributed by atoms with Crippen molar-refractivity contribution in [2.45, 2.75) is 38.4 Å². The molecule has 0 aliphatic heterocycles. The molecule has 0 saturated heterocycles. The Morgan fingerprint density at radius 1 is 1.26 bits per heavy atom. The third-order valence-electron chi connectivity index (χ3n) is 4.55. The van der Waals surface area contributed by atoms with Gasteiger partial charge in [0.2, 0.25) is 5.91 Å². The summed E-state index contributed by atoms with van der Waals surface area (Å²) in [6, 6.07) is 9.97. The first-order valence-electron chi connectivity index (χ1n) is 8.63. The van der Waals surface area contributed by atoms with Crippen LogP contribution in [0.2, 0.25) is 0 Å². The van der Waals surface area contributed by atoms with Crippen molar-refractivity contribution in [1.82, 2.24) is 14.8 Å². The number of pyridine rings is 1. The van der Waals surface area contributed by atoms with E-state index < -0.39 is 11.7 Å². The van der Waals surface area contributed by atoms with Crippen LogP contribution in [0.1, 0.15) is 35.7 Å². The van der Waals surface area contributed by atoms with Gasteiger partial charge in [0.05, 0.1) is 16.6 Å². The topological polar surface area (TPSA) is 59.8 Å². The molecule has 0 spiro atoms. The Kier molecular flexibility index (Phi) is 4.13. The molecular formula is C19H17F3N4O. The quantitative estimate of drug-likeness (QED) is 0.742. The van der Waals surface area contributed by atoms with Crippen LogP contribution in [0, 0.1) is 6.92 Å². The molecule has 8 heteroatoms. The molecule has 1 saturated carbocycles. The lowest BCUT2D eigenvalue weighted by atomic mass is 10.1. The van der Waals surface area contributed by atoms with Gasteiger partial charge in [-0.25, -0.2) is 9.67 Å². The van der Waals surface area contributed by atoms with Crippen LogP contribution < -0.4 is 5.32 Å². The number of para-hydroxylation sites is 1. The van der Waals surface area contributed by atoms with Gasteiger partial charge in [0.15, 0.2) is 5.65 Å². The first-order valence-corrected chi connectivity index (χ1v) is 8.63. The zero-order chi connectivity index (χ0) is 19.2. The van der Waals surface area contributed by atoms with Crippen molar-refractivity contribution in [3.05, 3.63) is 53.3 Å². The predicted molar refractivity (Wildman–Crippen MR) is 94.3 cm³/mol. The predicted octanol–water partition coefficient (Wildman–Crippen LogP) is 4.27. The van der Waals surface area contributed by atoms with Gasteiger partial charge in [0.25, 0.3) is 0 Å². The van der Waals surface area contributed by atoms with Crippen molar-refractivity contribution in [1.29, 1.82) is 0 Å². The van der Waals surface area contributed by atoms with Crippen molar-refractivity contribution in [3.8, 4) is 0 Å². The molecule has 140 valence electrons. The number of rotatable bonds is 4. The van der Waals surface area contributed by atoms with Crippen molar-refractivity contribution < 1.29 is 18.0 Å². The van der Waals surface area contributed by atoms with Crippen LogP contribution in [0.15, 0.2) is 36.4 Å². The molecule has 3 aromatic rings. The summed E-state index contributed by atoms with van der Waals surface area (Å²) in [5.74, 6) is -0.324. The zero-order valence-corrected chi connectivity index (χ0v) is 14.5. The molecule has 1 aliphatic rings. The highest BCUT2D eigenvalue weighted by molar-refractivity contribution is 5.92. The number of fused-ring (bicyclic) bond motifs is 1. The molecule has 1 fully saturated rings. The second-order valence-corrected chi connectivity index (χ2v) is 6.72. The first kappa shape index (κ1) is 17.5. The van der Waals surface area contributed by atoms with E-state index in [0.717, 1.165) is 18.9 Å². The van der Waals surface area contributed by atoms with Crippen LogP contribution in [0.4, 0.5) is 18.9 Å². The van der Waals surface area contributed by atoms with Gasteiger partial charge in [-0.05, 0) is 38.0 Å². The maximum absolute atomic E-state index is 13.6. The number of aryl methyl sites for hydroxylation is 1. The van der Waals surface area contributed by atoms with Crippen molar-refractivity contribution in [3.63, 3.8) is 0 Å². The molecule has 2 heterocycles. The summed E-state index contributed by atoms with van der Waals surface area (Å²) in [5, 5.41) is 6.83. The Labute approximate surface area is 153 Å². The molecule has 1 N–H and O–H groups in total. The summed E-state index contributed by atoms with van der Waals surface area (Å²) in [5.41, 5.74) is 0.603. The van der Waals surface area contributed by atoms with Crippen LogP contribution in [-0.4, -0.2) is 20.7 Å². The lowest BCUT2D eigenvalue weighted by molar-refractivity contribution is -0.136. The number of hydrogen-bond acceptors (Lipinski definition) is 3.